The zero-order valence-corrected chi connectivity index (χ0v) is 13.1. The predicted octanol–water partition coefficient (Wildman–Crippen LogP) is 2.04. The molecule has 0 saturated heterocycles. The molecule has 0 spiro atoms. The summed E-state index contributed by atoms with van der Waals surface area (Å²) in [5.74, 6) is -0.261. The second-order valence-electron chi connectivity index (χ2n) is 6.25. The molecule has 0 atom stereocenters. The number of nitrogens with zero attached hydrogens (tertiary/aromatic N) is 3. The first-order valence-corrected chi connectivity index (χ1v) is 8.05. The summed E-state index contributed by atoms with van der Waals surface area (Å²) in [5.41, 5.74) is 2.05. The quantitative estimate of drug-likeness (QED) is 0.770. The minimum absolute atomic E-state index is 0.261. The van der Waals surface area contributed by atoms with Crippen molar-refractivity contribution in [3.63, 3.8) is 0 Å². The average molecular weight is 322 g/mol. The largest absolute Gasteiger partial charge is 0.388 e. The first-order chi connectivity index (χ1) is 11.7. The number of benzene rings is 1. The van der Waals surface area contributed by atoms with Gasteiger partial charge in [-0.2, -0.15) is 5.10 Å². The van der Waals surface area contributed by atoms with Gasteiger partial charge in [0.1, 0.15) is 5.56 Å². The summed E-state index contributed by atoms with van der Waals surface area (Å²) in [6, 6.07) is 11.7. The second kappa shape index (κ2) is 5.72. The van der Waals surface area contributed by atoms with Crippen LogP contribution in [0.1, 0.15) is 29.6 Å². The Morgan fingerprint density at radius 2 is 2.04 bits per heavy atom. The second-order valence-corrected chi connectivity index (χ2v) is 6.25. The van der Waals surface area contributed by atoms with Gasteiger partial charge in [0, 0.05) is 18.3 Å². The molecule has 1 aromatic carbocycles. The molecule has 4 rings (SSSR count). The van der Waals surface area contributed by atoms with Crippen LogP contribution in [0, 0.1) is 0 Å². The standard InChI is InChI=1S/C18H18N4O2/c23-17(20-12-18(24)8-4-9-18)14-11-21-22-15(7-10-19-16(14)22)13-5-2-1-3-6-13/h1-3,5-7,10-11,24H,4,8-9,12H2,(H,20,23). The van der Waals surface area contributed by atoms with E-state index in [-0.39, 0.29) is 12.5 Å². The summed E-state index contributed by atoms with van der Waals surface area (Å²) in [7, 11) is 0. The minimum Gasteiger partial charge on any atom is -0.388 e. The van der Waals surface area contributed by atoms with Crippen LogP contribution >= 0.6 is 0 Å². The number of hydrogen-bond donors (Lipinski definition) is 2. The van der Waals surface area contributed by atoms with Crippen LogP contribution in [0.2, 0.25) is 0 Å². The zero-order valence-electron chi connectivity index (χ0n) is 13.1. The number of nitrogens with one attached hydrogen (secondary N) is 1. The van der Waals surface area contributed by atoms with Crippen molar-refractivity contribution in [1.82, 2.24) is 19.9 Å². The molecule has 1 amide bonds. The summed E-state index contributed by atoms with van der Waals surface area (Å²) in [5, 5.41) is 17.2. The molecule has 1 aliphatic carbocycles. The summed E-state index contributed by atoms with van der Waals surface area (Å²) >= 11 is 0. The van der Waals surface area contributed by atoms with Crippen LogP contribution in [0.25, 0.3) is 16.9 Å². The van der Waals surface area contributed by atoms with Gasteiger partial charge in [0.25, 0.3) is 5.91 Å². The van der Waals surface area contributed by atoms with Crippen molar-refractivity contribution in [2.24, 2.45) is 0 Å². The topological polar surface area (TPSA) is 79.5 Å². The number of aromatic nitrogens is 3. The fourth-order valence-electron chi connectivity index (χ4n) is 2.98. The van der Waals surface area contributed by atoms with E-state index >= 15 is 0 Å². The van der Waals surface area contributed by atoms with E-state index in [2.05, 4.69) is 15.4 Å². The van der Waals surface area contributed by atoms with Gasteiger partial charge in [0.05, 0.1) is 17.5 Å². The Bertz CT molecular complexity index is 884. The summed E-state index contributed by atoms with van der Waals surface area (Å²) in [6.07, 6.45) is 5.67. The van der Waals surface area contributed by atoms with Crippen molar-refractivity contribution >= 4 is 11.6 Å². The first-order valence-electron chi connectivity index (χ1n) is 8.05. The van der Waals surface area contributed by atoms with E-state index < -0.39 is 5.60 Å². The van der Waals surface area contributed by atoms with E-state index in [9.17, 15) is 9.90 Å². The van der Waals surface area contributed by atoms with E-state index in [0.717, 1.165) is 30.5 Å². The Morgan fingerprint density at radius 3 is 2.75 bits per heavy atom. The van der Waals surface area contributed by atoms with Crippen molar-refractivity contribution in [1.29, 1.82) is 0 Å². The fourth-order valence-corrected chi connectivity index (χ4v) is 2.98. The molecule has 0 bridgehead atoms. The zero-order chi connectivity index (χ0) is 16.6. The van der Waals surface area contributed by atoms with Gasteiger partial charge in [-0.3, -0.25) is 4.79 Å². The van der Waals surface area contributed by atoms with Crippen LogP contribution in [0.4, 0.5) is 0 Å². The number of aliphatic hydroxyl groups is 1. The number of fused-ring (bicyclic) bond motifs is 1. The molecule has 6 heteroatoms. The third-order valence-electron chi connectivity index (χ3n) is 4.58. The molecule has 6 nitrogen and oxygen atoms in total. The van der Waals surface area contributed by atoms with E-state index in [0.29, 0.717) is 11.2 Å². The molecule has 3 aromatic rings. The van der Waals surface area contributed by atoms with Crippen molar-refractivity contribution in [3.8, 4) is 11.3 Å². The van der Waals surface area contributed by atoms with Gasteiger partial charge in [-0.15, -0.1) is 0 Å². The molecule has 1 fully saturated rings. The summed E-state index contributed by atoms with van der Waals surface area (Å²) in [4.78, 5) is 16.7. The fraction of sp³-hybridized carbons (Fsp3) is 0.278. The molecule has 0 aliphatic heterocycles. The Labute approximate surface area is 139 Å². The third-order valence-corrected chi connectivity index (χ3v) is 4.58. The molecule has 2 heterocycles. The van der Waals surface area contributed by atoms with Gasteiger partial charge in [-0.25, -0.2) is 9.50 Å². The van der Waals surface area contributed by atoms with Crippen LogP contribution < -0.4 is 5.32 Å². The maximum atomic E-state index is 12.4. The molecule has 2 aromatic heterocycles. The molecular weight excluding hydrogens is 304 g/mol. The molecule has 2 N–H and O–H groups in total. The van der Waals surface area contributed by atoms with Gasteiger partial charge < -0.3 is 10.4 Å². The maximum Gasteiger partial charge on any atom is 0.256 e. The van der Waals surface area contributed by atoms with Crippen LogP contribution in [0.5, 0.6) is 0 Å². The van der Waals surface area contributed by atoms with Crippen molar-refractivity contribution < 1.29 is 9.90 Å². The maximum absolute atomic E-state index is 12.4. The van der Waals surface area contributed by atoms with E-state index in [1.165, 1.54) is 6.20 Å². The SMILES string of the molecule is O=C(NCC1(O)CCC1)c1cnn2c(-c3ccccc3)ccnc12. The lowest BCUT2D eigenvalue weighted by Crippen LogP contribution is -2.47. The lowest BCUT2D eigenvalue weighted by atomic mass is 9.80. The van der Waals surface area contributed by atoms with Crippen molar-refractivity contribution in [2.45, 2.75) is 24.9 Å². The highest BCUT2D eigenvalue weighted by Gasteiger charge is 2.34. The van der Waals surface area contributed by atoms with Gasteiger partial charge >= 0.3 is 0 Å². The van der Waals surface area contributed by atoms with Crippen LogP contribution in [-0.2, 0) is 0 Å². The highest BCUT2D eigenvalue weighted by atomic mass is 16.3. The van der Waals surface area contributed by atoms with Crippen LogP contribution in [-0.4, -0.2) is 37.8 Å². The van der Waals surface area contributed by atoms with E-state index in [1.54, 1.807) is 10.7 Å². The molecule has 1 saturated carbocycles. The highest BCUT2D eigenvalue weighted by Crippen LogP contribution is 2.30. The number of amides is 1. The number of rotatable bonds is 4. The molecule has 0 radical (unpaired) electrons. The molecule has 1 aliphatic rings. The summed E-state index contributed by atoms with van der Waals surface area (Å²) in [6.45, 7) is 0.265. The molecule has 122 valence electrons. The lowest BCUT2D eigenvalue weighted by Gasteiger charge is -2.36. The van der Waals surface area contributed by atoms with Crippen LogP contribution in [0.3, 0.4) is 0 Å². The molecule has 0 unspecified atom stereocenters. The van der Waals surface area contributed by atoms with E-state index in [4.69, 9.17) is 0 Å². The Morgan fingerprint density at radius 1 is 1.25 bits per heavy atom. The van der Waals surface area contributed by atoms with Gasteiger partial charge in [-0.05, 0) is 25.3 Å². The van der Waals surface area contributed by atoms with Crippen LogP contribution in [0.15, 0.2) is 48.8 Å². The number of carbonyl (C=O) groups excluding carboxylic acids is 1. The molecular formula is C18H18N4O2. The Hall–Kier alpha value is -2.73. The predicted molar refractivity (Wildman–Crippen MR) is 89.6 cm³/mol. The van der Waals surface area contributed by atoms with Crippen molar-refractivity contribution in [2.75, 3.05) is 6.54 Å². The first kappa shape index (κ1) is 14.8. The normalized spacial score (nSPS) is 15.9. The molecule has 24 heavy (non-hydrogen) atoms. The monoisotopic (exact) mass is 322 g/mol. The minimum atomic E-state index is -0.749. The van der Waals surface area contributed by atoms with Gasteiger partial charge in [-0.1, -0.05) is 30.3 Å². The Kier molecular flexibility index (Phi) is 3.54. The number of hydrogen-bond acceptors (Lipinski definition) is 4. The third kappa shape index (κ3) is 2.55. The number of carbonyl (C=O) groups is 1. The smallest absolute Gasteiger partial charge is 0.256 e. The lowest BCUT2D eigenvalue weighted by molar-refractivity contribution is -0.0300. The van der Waals surface area contributed by atoms with Gasteiger partial charge in [0.2, 0.25) is 0 Å². The van der Waals surface area contributed by atoms with E-state index in [1.807, 2.05) is 36.4 Å². The summed E-state index contributed by atoms with van der Waals surface area (Å²) < 4.78 is 1.67. The van der Waals surface area contributed by atoms with Crippen molar-refractivity contribution in [3.05, 3.63) is 54.4 Å². The average Bonchev–Trinajstić information content (AvgIpc) is 3.03. The Balaban J connectivity index is 1.64. The highest BCUT2D eigenvalue weighted by molar-refractivity contribution is 5.99. The van der Waals surface area contributed by atoms with Gasteiger partial charge in [0.15, 0.2) is 5.65 Å².